The van der Waals surface area contributed by atoms with Gasteiger partial charge in [0.15, 0.2) is 0 Å². The van der Waals surface area contributed by atoms with E-state index in [4.69, 9.17) is 5.11 Å². The predicted octanol–water partition coefficient (Wildman–Crippen LogP) is 4.76. The Morgan fingerprint density at radius 1 is 1.11 bits per heavy atom. The molecule has 0 bridgehead atoms. The molecule has 0 aromatic heterocycles. The summed E-state index contributed by atoms with van der Waals surface area (Å²) in [6, 6.07) is 17.7. The van der Waals surface area contributed by atoms with E-state index < -0.39 is 5.97 Å². The Morgan fingerprint density at radius 3 is 2.32 bits per heavy atom. The number of rotatable bonds is 5. The molecule has 0 saturated carbocycles. The van der Waals surface area contributed by atoms with Crippen LogP contribution in [0.3, 0.4) is 0 Å². The molecule has 0 aliphatic carbocycles. The zero-order valence-corrected chi connectivity index (χ0v) is 12.5. The molecule has 4 heteroatoms. The largest absolute Gasteiger partial charge is 0.481 e. The van der Waals surface area contributed by atoms with Crippen LogP contribution in [-0.2, 0) is 4.79 Å². The van der Waals surface area contributed by atoms with Crippen LogP contribution in [0.25, 0.3) is 0 Å². The summed E-state index contributed by atoms with van der Waals surface area (Å²) in [6.45, 7) is 0. The molecule has 0 spiro atoms. The monoisotopic (exact) mass is 336 g/mol. The zero-order chi connectivity index (χ0) is 13.7. The minimum Gasteiger partial charge on any atom is -0.481 e. The lowest BCUT2D eigenvalue weighted by atomic mass is 10.1. The second kappa shape index (κ2) is 6.78. The maximum absolute atomic E-state index is 11.0. The van der Waals surface area contributed by atoms with Crippen molar-refractivity contribution in [2.24, 2.45) is 0 Å². The van der Waals surface area contributed by atoms with Crippen molar-refractivity contribution in [1.29, 1.82) is 0 Å². The number of aliphatic carboxylic acids is 1. The third-order valence-electron chi connectivity index (χ3n) is 2.62. The fourth-order valence-electron chi connectivity index (χ4n) is 1.73. The molecule has 19 heavy (non-hydrogen) atoms. The standard InChI is InChI=1S/C15H13BrO2S/c16-12-6-8-13(9-7-12)19-14(10-15(17)18)11-4-2-1-3-5-11/h1-9,14H,10H2,(H,17,18). The van der Waals surface area contributed by atoms with Gasteiger partial charge in [0.2, 0.25) is 0 Å². The predicted molar refractivity (Wildman–Crippen MR) is 81.4 cm³/mol. The number of carbonyl (C=O) groups is 1. The van der Waals surface area contributed by atoms with Gasteiger partial charge < -0.3 is 5.11 Å². The molecular weight excluding hydrogens is 324 g/mol. The molecule has 0 amide bonds. The Hall–Kier alpha value is -1.26. The smallest absolute Gasteiger partial charge is 0.304 e. The van der Waals surface area contributed by atoms with Gasteiger partial charge in [-0.05, 0) is 29.8 Å². The summed E-state index contributed by atoms with van der Waals surface area (Å²) in [5.41, 5.74) is 1.04. The Balaban J connectivity index is 2.19. The topological polar surface area (TPSA) is 37.3 Å². The molecule has 0 saturated heterocycles. The Morgan fingerprint density at radius 2 is 1.74 bits per heavy atom. The van der Waals surface area contributed by atoms with Crippen molar-refractivity contribution in [2.45, 2.75) is 16.6 Å². The summed E-state index contributed by atoms with van der Waals surface area (Å²) in [4.78, 5) is 12.1. The molecule has 0 heterocycles. The molecule has 2 aromatic rings. The molecule has 98 valence electrons. The highest BCUT2D eigenvalue weighted by Crippen LogP contribution is 2.38. The van der Waals surface area contributed by atoms with E-state index in [2.05, 4.69) is 15.9 Å². The van der Waals surface area contributed by atoms with Crippen LogP contribution in [0, 0.1) is 0 Å². The van der Waals surface area contributed by atoms with Crippen LogP contribution in [0.15, 0.2) is 64.0 Å². The summed E-state index contributed by atoms with van der Waals surface area (Å²) in [5.74, 6) is -0.779. The fourth-order valence-corrected chi connectivity index (χ4v) is 3.14. The number of thioether (sulfide) groups is 1. The second-order valence-corrected chi connectivity index (χ2v) is 6.26. The third-order valence-corrected chi connectivity index (χ3v) is 4.42. The normalized spacial score (nSPS) is 12.1. The molecule has 1 unspecified atom stereocenters. The first-order valence-corrected chi connectivity index (χ1v) is 7.51. The summed E-state index contributed by atoms with van der Waals surface area (Å²) in [5, 5.41) is 8.98. The maximum atomic E-state index is 11.0. The number of halogens is 1. The van der Waals surface area contributed by atoms with Crippen molar-refractivity contribution in [2.75, 3.05) is 0 Å². The fraction of sp³-hybridized carbons (Fsp3) is 0.133. The van der Waals surface area contributed by atoms with E-state index in [1.54, 1.807) is 11.8 Å². The Kier molecular flexibility index (Phi) is 5.05. The van der Waals surface area contributed by atoms with Crippen molar-refractivity contribution < 1.29 is 9.90 Å². The van der Waals surface area contributed by atoms with E-state index in [-0.39, 0.29) is 11.7 Å². The molecule has 1 N–H and O–H groups in total. The Bertz CT molecular complexity index is 540. The maximum Gasteiger partial charge on any atom is 0.304 e. The highest BCUT2D eigenvalue weighted by molar-refractivity contribution is 9.10. The quantitative estimate of drug-likeness (QED) is 0.800. The van der Waals surface area contributed by atoms with E-state index >= 15 is 0 Å². The van der Waals surface area contributed by atoms with Crippen LogP contribution in [0.4, 0.5) is 0 Å². The van der Waals surface area contributed by atoms with Crippen molar-refractivity contribution >= 4 is 33.7 Å². The highest BCUT2D eigenvalue weighted by Gasteiger charge is 2.16. The van der Waals surface area contributed by atoms with E-state index in [1.807, 2.05) is 54.6 Å². The van der Waals surface area contributed by atoms with Crippen LogP contribution < -0.4 is 0 Å². The molecule has 0 radical (unpaired) electrons. The van der Waals surface area contributed by atoms with Gasteiger partial charge in [-0.1, -0.05) is 46.3 Å². The highest BCUT2D eigenvalue weighted by atomic mass is 79.9. The zero-order valence-electron chi connectivity index (χ0n) is 10.1. The first-order chi connectivity index (χ1) is 9.15. The van der Waals surface area contributed by atoms with Crippen molar-refractivity contribution in [1.82, 2.24) is 0 Å². The van der Waals surface area contributed by atoms with Crippen LogP contribution in [-0.4, -0.2) is 11.1 Å². The molecule has 2 nitrogen and oxygen atoms in total. The van der Waals surface area contributed by atoms with Gasteiger partial charge in [-0.2, -0.15) is 0 Å². The first-order valence-electron chi connectivity index (χ1n) is 5.84. The van der Waals surface area contributed by atoms with Crippen LogP contribution in [0.5, 0.6) is 0 Å². The number of carboxylic acid groups (broad SMARTS) is 1. The first kappa shape index (κ1) is 14.2. The van der Waals surface area contributed by atoms with Gasteiger partial charge in [0.05, 0.1) is 6.42 Å². The van der Waals surface area contributed by atoms with Gasteiger partial charge in [0.25, 0.3) is 0 Å². The molecule has 0 aliphatic heterocycles. The van der Waals surface area contributed by atoms with E-state index in [0.29, 0.717) is 0 Å². The number of hydrogen-bond donors (Lipinski definition) is 1. The summed E-state index contributed by atoms with van der Waals surface area (Å²) < 4.78 is 1.02. The van der Waals surface area contributed by atoms with Crippen LogP contribution >= 0.6 is 27.7 Å². The average molecular weight is 337 g/mol. The van der Waals surface area contributed by atoms with Gasteiger partial charge in [0, 0.05) is 14.6 Å². The van der Waals surface area contributed by atoms with Crippen molar-refractivity contribution in [3.05, 3.63) is 64.6 Å². The second-order valence-electron chi connectivity index (χ2n) is 4.07. The molecule has 2 rings (SSSR count). The van der Waals surface area contributed by atoms with Gasteiger partial charge in [-0.3, -0.25) is 4.79 Å². The molecular formula is C15H13BrO2S. The molecule has 1 atom stereocenters. The number of hydrogen-bond acceptors (Lipinski definition) is 2. The molecule has 2 aromatic carbocycles. The minimum absolute atomic E-state index is 0.0696. The van der Waals surface area contributed by atoms with Gasteiger partial charge >= 0.3 is 5.97 Å². The summed E-state index contributed by atoms with van der Waals surface area (Å²) in [6.07, 6.45) is 0.116. The average Bonchev–Trinajstić information content (AvgIpc) is 2.41. The van der Waals surface area contributed by atoms with Crippen molar-refractivity contribution in [3.8, 4) is 0 Å². The lowest BCUT2D eigenvalue weighted by molar-refractivity contribution is -0.137. The number of benzene rings is 2. The number of carboxylic acids is 1. The van der Waals surface area contributed by atoms with E-state index in [1.165, 1.54) is 0 Å². The lowest BCUT2D eigenvalue weighted by Crippen LogP contribution is -2.03. The third kappa shape index (κ3) is 4.40. The lowest BCUT2D eigenvalue weighted by Gasteiger charge is -2.15. The Labute approximate surface area is 125 Å². The molecule has 0 fully saturated rings. The van der Waals surface area contributed by atoms with Gasteiger partial charge in [-0.25, -0.2) is 0 Å². The molecule has 0 aliphatic rings. The summed E-state index contributed by atoms with van der Waals surface area (Å²) in [7, 11) is 0. The SMILES string of the molecule is O=C(O)CC(Sc1ccc(Br)cc1)c1ccccc1. The van der Waals surface area contributed by atoms with Crippen LogP contribution in [0.1, 0.15) is 17.2 Å². The summed E-state index contributed by atoms with van der Waals surface area (Å²) >= 11 is 4.97. The van der Waals surface area contributed by atoms with Crippen molar-refractivity contribution in [3.63, 3.8) is 0 Å². The minimum atomic E-state index is -0.779. The van der Waals surface area contributed by atoms with E-state index in [9.17, 15) is 4.79 Å². The van der Waals surface area contributed by atoms with Gasteiger partial charge in [-0.15, -0.1) is 11.8 Å². The van der Waals surface area contributed by atoms with Crippen LogP contribution in [0.2, 0.25) is 0 Å². The van der Waals surface area contributed by atoms with E-state index in [0.717, 1.165) is 14.9 Å². The van der Waals surface area contributed by atoms with Gasteiger partial charge in [0.1, 0.15) is 0 Å².